The molecule has 0 aromatic carbocycles. The Bertz CT molecular complexity index is 298. The highest BCUT2D eigenvalue weighted by Crippen LogP contribution is 2.22. The van der Waals surface area contributed by atoms with Crippen LogP contribution in [-0.4, -0.2) is 65.3 Å². The van der Waals surface area contributed by atoms with Gasteiger partial charge in [-0.1, -0.05) is 6.08 Å². The molecule has 104 valence electrons. The van der Waals surface area contributed by atoms with Crippen molar-refractivity contribution in [2.45, 2.75) is 30.7 Å². The van der Waals surface area contributed by atoms with Gasteiger partial charge in [0.05, 0.1) is 13.2 Å². The number of primary amides is 1. The molecule has 0 aromatic heterocycles. The third-order valence-corrected chi connectivity index (χ3v) is 2.42. The summed E-state index contributed by atoms with van der Waals surface area (Å²) in [4.78, 5) is 10.6. The Balaban J connectivity index is 2.61. The fourth-order valence-electron chi connectivity index (χ4n) is 1.53. The molecule has 1 fully saturated rings. The number of amides is 1. The third kappa shape index (κ3) is 3.65. The second-order valence-corrected chi connectivity index (χ2v) is 3.78. The molecule has 0 aliphatic carbocycles. The maximum atomic E-state index is 10.6. The van der Waals surface area contributed by atoms with Crippen LogP contribution in [0.2, 0.25) is 0 Å². The SMILES string of the molecule is C=CCOC[C@H]1O[C@H](OC(N)=O)[C@H](O)[C@@H](O)[C@@H]1O. The monoisotopic (exact) mass is 263 g/mol. The highest BCUT2D eigenvalue weighted by Gasteiger charge is 2.45. The highest BCUT2D eigenvalue weighted by atomic mass is 16.7. The molecule has 1 rings (SSSR count). The number of hydrogen-bond acceptors (Lipinski definition) is 7. The summed E-state index contributed by atoms with van der Waals surface area (Å²) in [6.45, 7) is 3.61. The average Bonchev–Trinajstić information content (AvgIpc) is 2.31. The summed E-state index contributed by atoms with van der Waals surface area (Å²) in [7, 11) is 0. The summed E-state index contributed by atoms with van der Waals surface area (Å²) < 4.78 is 14.6. The van der Waals surface area contributed by atoms with Crippen LogP contribution in [0.25, 0.3) is 0 Å². The Morgan fingerprint density at radius 3 is 2.56 bits per heavy atom. The van der Waals surface area contributed by atoms with Crippen molar-refractivity contribution in [3.8, 4) is 0 Å². The highest BCUT2D eigenvalue weighted by molar-refractivity contribution is 5.64. The molecule has 1 saturated heterocycles. The van der Waals surface area contributed by atoms with Crippen LogP contribution in [0.5, 0.6) is 0 Å². The number of rotatable bonds is 5. The molecule has 0 aromatic rings. The molecule has 8 heteroatoms. The molecular weight excluding hydrogens is 246 g/mol. The van der Waals surface area contributed by atoms with Gasteiger partial charge in [0, 0.05) is 0 Å². The minimum absolute atomic E-state index is 0.0599. The zero-order valence-electron chi connectivity index (χ0n) is 9.64. The molecule has 0 spiro atoms. The van der Waals surface area contributed by atoms with Crippen LogP contribution >= 0.6 is 0 Å². The van der Waals surface area contributed by atoms with E-state index in [2.05, 4.69) is 11.3 Å². The van der Waals surface area contributed by atoms with Gasteiger partial charge >= 0.3 is 6.09 Å². The summed E-state index contributed by atoms with van der Waals surface area (Å²) in [6, 6.07) is 0. The number of nitrogens with two attached hydrogens (primary N) is 1. The summed E-state index contributed by atoms with van der Waals surface area (Å²) in [5.41, 5.74) is 4.79. The van der Waals surface area contributed by atoms with E-state index < -0.39 is 36.8 Å². The van der Waals surface area contributed by atoms with E-state index in [9.17, 15) is 20.1 Å². The second kappa shape index (κ2) is 6.66. The molecule has 1 aliphatic rings. The zero-order chi connectivity index (χ0) is 13.7. The quantitative estimate of drug-likeness (QED) is 0.336. The molecule has 1 aliphatic heterocycles. The van der Waals surface area contributed by atoms with E-state index in [1.807, 2.05) is 0 Å². The van der Waals surface area contributed by atoms with E-state index in [4.69, 9.17) is 15.2 Å². The molecular formula is C10H17NO7. The smallest absolute Gasteiger partial charge is 0.406 e. The van der Waals surface area contributed by atoms with Crippen LogP contribution in [0, 0.1) is 0 Å². The number of carbonyl (C=O) groups excluding carboxylic acids is 1. The molecule has 8 nitrogen and oxygen atoms in total. The summed E-state index contributed by atoms with van der Waals surface area (Å²) in [6.07, 6.45) is -6.53. The average molecular weight is 263 g/mol. The summed E-state index contributed by atoms with van der Waals surface area (Å²) in [5, 5.41) is 28.7. The number of aliphatic hydroxyl groups is 3. The molecule has 1 heterocycles. The van der Waals surface area contributed by atoms with Crippen molar-refractivity contribution in [3.63, 3.8) is 0 Å². The van der Waals surface area contributed by atoms with Gasteiger partial charge in [0.1, 0.15) is 24.4 Å². The summed E-state index contributed by atoms with van der Waals surface area (Å²) >= 11 is 0. The normalized spacial score (nSPS) is 36.1. The van der Waals surface area contributed by atoms with Crippen molar-refractivity contribution in [2.75, 3.05) is 13.2 Å². The Morgan fingerprint density at radius 1 is 1.33 bits per heavy atom. The minimum Gasteiger partial charge on any atom is -0.417 e. The maximum absolute atomic E-state index is 10.6. The van der Waals surface area contributed by atoms with Crippen LogP contribution < -0.4 is 5.73 Å². The van der Waals surface area contributed by atoms with Gasteiger partial charge in [0.2, 0.25) is 6.29 Å². The van der Waals surface area contributed by atoms with Crippen molar-refractivity contribution in [3.05, 3.63) is 12.7 Å². The molecule has 5 N–H and O–H groups in total. The lowest BCUT2D eigenvalue weighted by molar-refractivity contribution is -0.286. The number of carbonyl (C=O) groups is 1. The van der Waals surface area contributed by atoms with Gasteiger partial charge in [-0.15, -0.1) is 6.58 Å². The van der Waals surface area contributed by atoms with Crippen LogP contribution in [0.3, 0.4) is 0 Å². The molecule has 0 unspecified atom stereocenters. The zero-order valence-corrected chi connectivity index (χ0v) is 9.64. The van der Waals surface area contributed by atoms with Crippen LogP contribution in [0.1, 0.15) is 0 Å². The first kappa shape index (κ1) is 14.9. The molecule has 18 heavy (non-hydrogen) atoms. The van der Waals surface area contributed by atoms with E-state index in [1.54, 1.807) is 0 Å². The largest absolute Gasteiger partial charge is 0.417 e. The maximum Gasteiger partial charge on any atom is 0.406 e. The van der Waals surface area contributed by atoms with Gasteiger partial charge in [-0.25, -0.2) is 4.79 Å². The standard InChI is InChI=1S/C10H17NO7/c1-2-3-16-4-5-6(12)7(13)8(14)9(17-5)18-10(11)15/h2,5-9,12-14H,1,3-4H2,(H2,11,15)/t5-,6-,7+,8-,9-/m1/s1. The van der Waals surface area contributed by atoms with Gasteiger partial charge in [-0.05, 0) is 0 Å². The lowest BCUT2D eigenvalue weighted by Gasteiger charge is -2.39. The first-order chi connectivity index (χ1) is 8.47. The molecule has 1 amide bonds. The van der Waals surface area contributed by atoms with Crippen molar-refractivity contribution >= 4 is 6.09 Å². The van der Waals surface area contributed by atoms with Crippen LogP contribution in [0.4, 0.5) is 4.79 Å². The van der Waals surface area contributed by atoms with Gasteiger partial charge in [0.25, 0.3) is 0 Å². The summed E-state index contributed by atoms with van der Waals surface area (Å²) in [5.74, 6) is 0. The Hall–Kier alpha value is -1.19. The van der Waals surface area contributed by atoms with Gasteiger partial charge in [-0.3, -0.25) is 0 Å². The lowest BCUT2D eigenvalue weighted by atomic mass is 9.99. The number of aliphatic hydroxyl groups excluding tert-OH is 3. The van der Waals surface area contributed by atoms with Crippen molar-refractivity contribution in [2.24, 2.45) is 5.73 Å². The fraction of sp³-hybridized carbons (Fsp3) is 0.700. The molecule has 0 bridgehead atoms. The number of ether oxygens (including phenoxy) is 3. The molecule has 5 atom stereocenters. The Labute approximate surface area is 104 Å². The van der Waals surface area contributed by atoms with Crippen molar-refractivity contribution in [1.29, 1.82) is 0 Å². The first-order valence-corrected chi connectivity index (χ1v) is 5.31. The number of hydrogen-bond donors (Lipinski definition) is 4. The van der Waals surface area contributed by atoms with Gasteiger partial charge < -0.3 is 35.3 Å². The Morgan fingerprint density at radius 2 is 2.00 bits per heavy atom. The van der Waals surface area contributed by atoms with Crippen LogP contribution in [-0.2, 0) is 14.2 Å². The van der Waals surface area contributed by atoms with E-state index >= 15 is 0 Å². The molecule has 0 radical (unpaired) electrons. The van der Waals surface area contributed by atoms with E-state index in [1.165, 1.54) is 6.08 Å². The predicted octanol–water partition coefficient (Wildman–Crippen LogP) is -1.91. The van der Waals surface area contributed by atoms with E-state index in [-0.39, 0.29) is 13.2 Å². The first-order valence-electron chi connectivity index (χ1n) is 5.31. The second-order valence-electron chi connectivity index (χ2n) is 3.78. The Kier molecular flexibility index (Phi) is 5.51. The van der Waals surface area contributed by atoms with Gasteiger partial charge in [0.15, 0.2) is 0 Å². The topological polar surface area (TPSA) is 131 Å². The third-order valence-electron chi connectivity index (χ3n) is 2.42. The lowest BCUT2D eigenvalue weighted by Crippen LogP contribution is -2.59. The van der Waals surface area contributed by atoms with Gasteiger partial charge in [-0.2, -0.15) is 0 Å². The van der Waals surface area contributed by atoms with E-state index in [0.717, 1.165) is 0 Å². The van der Waals surface area contributed by atoms with Crippen LogP contribution in [0.15, 0.2) is 12.7 Å². The fourth-order valence-corrected chi connectivity index (χ4v) is 1.53. The predicted molar refractivity (Wildman–Crippen MR) is 58.4 cm³/mol. The van der Waals surface area contributed by atoms with E-state index in [0.29, 0.717) is 0 Å². The molecule has 0 saturated carbocycles. The van der Waals surface area contributed by atoms with Crippen molar-refractivity contribution in [1.82, 2.24) is 0 Å². The minimum atomic E-state index is -1.58. The van der Waals surface area contributed by atoms with Crippen molar-refractivity contribution < 1.29 is 34.3 Å².